The molecule has 5 nitrogen and oxygen atoms in total. The Hall–Kier alpha value is -0.750. The molecule has 1 saturated heterocycles. The van der Waals surface area contributed by atoms with Crippen LogP contribution in [-0.4, -0.2) is 41.2 Å². The summed E-state index contributed by atoms with van der Waals surface area (Å²) < 4.78 is 0. The molecule has 1 aliphatic carbocycles. The third kappa shape index (κ3) is 3.13. The number of thioether (sulfide) groups is 1. The number of hydrogen-bond acceptors (Lipinski definition) is 4. The molecule has 1 saturated carbocycles. The summed E-state index contributed by atoms with van der Waals surface area (Å²) >= 11 is 1.71. The average Bonchev–Trinajstić information content (AvgIpc) is 2.74. The van der Waals surface area contributed by atoms with Gasteiger partial charge in [0.15, 0.2) is 0 Å². The van der Waals surface area contributed by atoms with Gasteiger partial charge in [0.1, 0.15) is 0 Å². The molecular weight excluding hydrogens is 240 g/mol. The summed E-state index contributed by atoms with van der Waals surface area (Å²) in [6.45, 7) is 0.501. The first-order chi connectivity index (χ1) is 8.11. The molecule has 0 radical (unpaired) electrons. The minimum Gasteiger partial charge on any atom is -0.481 e. The number of hydrogen-bond donors (Lipinski definition) is 3. The summed E-state index contributed by atoms with van der Waals surface area (Å²) in [4.78, 5) is 22.6. The predicted octanol–water partition coefficient (Wildman–Crippen LogP) is 0.410. The molecule has 1 atom stereocenters. The lowest BCUT2D eigenvalue weighted by molar-refractivity contribution is -0.142. The Morgan fingerprint density at radius 2 is 2.24 bits per heavy atom. The molecule has 2 fully saturated rings. The van der Waals surface area contributed by atoms with Crippen molar-refractivity contribution in [3.8, 4) is 0 Å². The van der Waals surface area contributed by atoms with E-state index in [-0.39, 0.29) is 23.8 Å². The molecule has 0 bridgehead atoms. The van der Waals surface area contributed by atoms with Gasteiger partial charge in [0.2, 0.25) is 5.91 Å². The monoisotopic (exact) mass is 258 g/mol. The van der Waals surface area contributed by atoms with Crippen molar-refractivity contribution in [2.24, 2.45) is 5.41 Å². The third-order valence-corrected chi connectivity index (χ3v) is 4.55. The number of carboxylic acid groups (broad SMARTS) is 1. The van der Waals surface area contributed by atoms with Gasteiger partial charge in [0.05, 0.1) is 12.5 Å². The first kappa shape index (κ1) is 12.7. The molecule has 0 spiro atoms. The average molecular weight is 258 g/mol. The van der Waals surface area contributed by atoms with E-state index in [1.165, 1.54) is 0 Å². The van der Waals surface area contributed by atoms with Gasteiger partial charge < -0.3 is 10.4 Å². The van der Waals surface area contributed by atoms with Crippen LogP contribution < -0.4 is 10.6 Å². The Labute approximate surface area is 105 Å². The molecule has 1 amide bonds. The maximum absolute atomic E-state index is 11.8. The fourth-order valence-corrected chi connectivity index (χ4v) is 3.32. The molecule has 2 rings (SSSR count). The maximum atomic E-state index is 11.8. The van der Waals surface area contributed by atoms with Gasteiger partial charge in [0, 0.05) is 18.2 Å². The summed E-state index contributed by atoms with van der Waals surface area (Å²) in [7, 11) is 0. The van der Waals surface area contributed by atoms with Gasteiger partial charge in [-0.25, -0.2) is 0 Å². The summed E-state index contributed by atoms with van der Waals surface area (Å²) in [5.74, 6) is 0.857. The van der Waals surface area contributed by atoms with Crippen molar-refractivity contribution in [2.75, 3.05) is 18.2 Å². The molecule has 3 N–H and O–H groups in total. The van der Waals surface area contributed by atoms with Crippen LogP contribution in [0.2, 0.25) is 0 Å². The molecule has 6 heteroatoms. The van der Waals surface area contributed by atoms with Gasteiger partial charge in [-0.05, 0) is 18.3 Å². The van der Waals surface area contributed by atoms with Crippen LogP contribution in [0, 0.1) is 5.41 Å². The van der Waals surface area contributed by atoms with Crippen molar-refractivity contribution < 1.29 is 14.7 Å². The number of carbonyl (C=O) groups is 2. The van der Waals surface area contributed by atoms with Gasteiger partial charge in [-0.2, -0.15) is 0 Å². The van der Waals surface area contributed by atoms with Crippen molar-refractivity contribution in [1.82, 2.24) is 10.6 Å². The van der Waals surface area contributed by atoms with Gasteiger partial charge in [-0.1, -0.05) is 6.42 Å². The first-order valence-corrected chi connectivity index (χ1v) is 7.07. The molecule has 96 valence electrons. The van der Waals surface area contributed by atoms with E-state index in [1.54, 1.807) is 11.8 Å². The van der Waals surface area contributed by atoms with Crippen LogP contribution in [0.1, 0.15) is 25.7 Å². The lowest BCUT2D eigenvalue weighted by atomic mass is 9.66. The summed E-state index contributed by atoms with van der Waals surface area (Å²) in [5, 5.41) is 14.9. The van der Waals surface area contributed by atoms with Crippen molar-refractivity contribution in [3.63, 3.8) is 0 Å². The second-order valence-electron chi connectivity index (χ2n) is 4.91. The molecule has 0 aromatic rings. The Kier molecular flexibility index (Phi) is 3.93. The zero-order valence-electron chi connectivity index (χ0n) is 9.70. The minimum atomic E-state index is -0.770. The number of carboxylic acids is 1. The lowest BCUT2D eigenvalue weighted by Gasteiger charge is -2.41. The Morgan fingerprint density at radius 1 is 1.47 bits per heavy atom. The van der Waals surface area contributed by atoms with Crippen molar-refractivity contribution >= 4 is 23.6 Å². The summed E-state index contributed by atoms with van der Waals surface area (Å²) in [6, 6.07) is -0.109. The van der Waals surface area contributed by atoms with Crippen molar-refractivity contribution in [1.29, 1.82) is 0 Å². The van der Waals surface area contributed by atoms with Crippen LogP contribution in [0.15, 0.2) is 0 Å². The molecule has 1 aliphatic heterocycles. The van der Waals surface area contributed by atoms with Gasteiger partial charge >= 0.3 is 5.97 Å². The Balaban J connectivity index is 1.79. The van der Waals surface area contributed by atoms with Crippen molar-refractivity contribution in [3.05, 3.63) is 0 Å². The van der Waals surface area contributed by atoms with Crippen LogP contribution in [0.5, 0.6) is 0 Å². The fraction of sp³-hybridized carbons (Fsp3) is 0.818. The van der Waals surface area contributed by atoms with Crippen molar-refractivity contribution in [2.45, 2.75) is 31.7 Å². The van der Waals surface area contributed by atoms with Crippen LogP contribution in [0.3, 0.4) is 0 Å². The van der Waals surface area contributed by atoms with Crippen LogP contribution in [0.4, 0.5) is 0 Å². The van der Waals surface area contributed by atoms with Gasteiger partial charge in [-0.15, -0.1) is 11.8 Å². The van der Waals surface area contributed by atoms with Gasteiger partial charge in [0.25, 0.3) is 0 Å². The van der Waals surface area contributed by atoms with Crippen LogP contribution >= 0.6 is 11.8 Å². The normalized spacial score (nSPS) is 26.2. The highest BCUT2D eigenvalue weighted by Gasteiger charge is 2.39. The highest BCUT2D eigenvalue weighted by Crippen LogP contribution is 2.43. The standard InChI is InChI=1S/C11H18N2O3S/c14-9(15)4-11(2-1-3-11)6-12-10(16)8-5-17-7-13-8/h8,13H,1-7H2,(H,12,16)(H,14,15). The molecular formula is C11H18N2O3S. The topological polar surface area (TPSA) is 78.4 Å². The Bertz CT molecular complexity index is 312. The first-order valence-electron chi connectivity index (χ1n) is 5.92. The van der Waals surface area contributed by atoms with E-state index in [2.05, 4.69) is 10.6 Å². The van der Waals surface area contributed by atoms with E-state index < -0.39 is 5.97 Å². The number of carbonyl (C=O) groups excluding carboxylic acids is 1. The summed E-state index contributed by atoms with van der Waals surface area (Å²) in [6.07, 6.45) is 3.06. The van der Waals surface area contributed by atoms with Crippen LogP contribution in [-0.2, 0) is 9.59 Å². The number of rotatable bonds is 5. The minimum absolute atomic E-state index is 0.00617. The van der Waals surface area contributed by atoms with E-state index in [0.717, 1.165) is 30.9 Å². The number of amides is 1. The fourth-order valence-electron chi connectivity index (χ4n) is 2.38. The zero-order chi connectivity index (χ0) is 12.3. The second-order valence-corrected chi connectivity index (χ2v) is 5.94. The molecule has 17 heavy (non-hydrogen) atoms. The molecule has 0 aromatic heterocycles. The van der Waals surface area contributed by atoms with E-state index in [9.17, 15) is 9.59 Å². The molecule has 0 aromatic carbocycles. The van der Waals surface area contributed by atoms with E-state index in [4.69, 9.17) is 5.11 Å². The maximum Gasteiger partial charge on any atom is 0.303 e. The lowest BCUT2D eigenvalue weighted by Crippen LogP contribution is -2.48. The predicted molar refractivity (Wildman–Crippen MR) is 65.8 cm³/mol. The Morgan fingerprint density at radius 3 is 2.71 bits per heavy atom. The van der Waals surface area contributed by atoms with Crippen LogP contribution in [0.25, 0.3) is 0 Å². The smallest absolute Gasteiger partial charge is 0.303 e. The third-order valence-electron chi connectivity index (χ3n) is 3.61. The second kappa shape index (κ2) is 5.27. The zero-order valence-corrected chi connectivity index (χ0v) is 10.5. The number of aliphatic carboxylic acids is 1. The molecule has 1 heterocycles. The highest BCUT2D eigenvalue weighted by molar-refractivity contribution is 7.99. The molecule has 1 unspecified atom stereocenters. The quantitative estimate of drug-likeness (QED) is 0.666. The van der Waals surface area contributed by atoms with E-state index >= 15 is 0 Å². The van der Waals surface area contributed by atoms with E-state index in [1.807, 2.05) is 0 Å². The number of nitrogens with one attached hydrogen (secondary N) is 2. The SMILES string of the molecule is O=C(O)CC1(CNC(=O)C2CSCN2)CCC1. The summed E-state index contributed by atoms with van der Waals surface area (Å²) in [5.41, 5.74) is -0.187. The highest BCUT2D eigenvalue weighted by atomic mass is 32.2. The molecule has 2 aliphatic rings. The van der Waals surface area contributed by atoms with E-state index in [0.29, 0.717) is 6.54 Å². The van der Waals surface area contributed by atoms with Gasteiger partial charge in [-0.3, -0.25) is 14.9 Å². The largest absolute Gasteiger partial charge is 0.481 e.